The molecule has 0 aliphatic carbocycles. The van der Waals surface area contributed by atoms with Crippen LogP contribution in [-0.2, 0) is 21.4 Å². The molecule has 46 heavy (non-hydrogen) atoms. The van der Waals surface area contributed by atoms with Gasteiger partial charge >= 0.3 is 0 Å². The predicted octanol–water partition coefficient (Wildman–Crippen LogP) is 7.00. The van der Waals surface area contributed by atoms with Crippen LogP contribution in [0.5, 0.6) is 0 Å². The molecular formula is C31H27F4N7O2S2. The summed E-state index contributed by atoms with van der Waals surface area (Å²) in [5.74, 6) is -1.83. The van der Waals surface area contributed by atoms with Crippen LogP contribution < -0.4 is 14.9 Å². The van der Waals surface area contributed by atoms with Gasteiger partial charge in [-0.3, -0.25) is 4.72 Å². The fourth-order valence-corrected chi connectivity index (χ4v) is 6.62. The first-order chi connectivity index (χ1) is 22.1. The second-order valence-electron chi connectivity index (χ2n) is 10.7. The van der Waals surface area contributed by atoms with E-state index < -0.39 is 39.0 Å². The molecule has 2 N–H and O–H groups in total. The van der Waals surface area contributed by atoms with Crippen LogP contribution in [0.2, 0.25) is 0 Å². The van der Waals surface area contributed by atoms with E-state index in [2.05, 4.69) is 34.9 Å². The molecule has 15 heteroatoms. The van der Waals surface area contributed by atoms with Gasteiger partial charge in [-0.2, -0.15) is 0 Å². The molecule has 1 saturated heterocycles. The number of nitrogens with zero attached hydrogens (tertiary/aromatic N) is 5. The Balaban J connectivity index is 1.31. The number of thiazole rings is 1. The van der Waals surface area contributed by atoms with Crippen LogP contribution in [0.1, 0.15) is 18.9 Å². The van der Waals surface area contributed by atoms with Gasteiger partial charge in [-0.25, -0.2) is 41.7 Å². The van der Waals surface area contributed by atoms with Gasteiger partial charge in [0.2, 0.25) is 5.95 Å². The van der Waals surface area contributed by atoms with Gasteiger partial charge in [0, 0.05) is 24.8 Å². The van der Waals surface area contributed by atoms with Gasteiger partial charge in [0.05, 0.1) is 47.1 Å². The summed E-state index contributed by atoms with van der Waals surface area (Å²) in [6.45, 7) is 5.53. The molecule has 1 aliphatic heterocycles. The van der Waals surface area contributed by atoms with Crippen molar-refractivity contribution in [3.8, 4) is 21.8 Å². The first-order valence-electron chi connectivity index (χ1n) is 14.1. The average Bonchev–Trinajstić information content (AvgIpc) is 3.50. The molecule has 0 radical (unpaired) electrons. The third-order valence-corrected chi connectivity index (χ3v) is 9.45. The Bertz CT molecular complexity index is 1880. The van der Waals surface area contributed by atoms with E-state index in [1.54, 1.807) is 12.3 Å². The number of pyridine rings is 1. The van der Waals surface area contributed by atoms with Crippen LogP contribution in [0, 0.1) is 17.5 Å². The molecule has 2 aromatic carbocycles. The molecule has 5 aromatic rings. The number of rotatable bonds is 9. The number of alkyl halides is 1. The van der Waals surface area contributed by atoms with E-state index in [0.29, 0.717) is 35.0 Å². The summed E-state index contributed by atoms with van der Waals surface area (Å²) in [5.41, 5.74) is -0.445. The number of hydrogen-bond donors (Lipinski definition) is 2. The van der Waals surface area contributed by atoms with Crippen molar-refractivity contribution in [2.75, 3.05) is 41.2 Å². The number of aromatic nitrogens is 4. The van der Waals surface area contributed by atoms with E-state index in [0.717, 1.165) is 54.5 Å². The Hall–Kier alpha value is -4.47. The summed E-state index contributed by atoms with van der Waals surface area (Å²) in [6, 6.07) is 12.2. The molecule has 0 saturated carbocycles. The lowest BCUT2D eigenvalue weighted by Gasteiger charge is -2.27. The molecule has 4 heterocycles. The number of hydrogen-bond acceptors (Lipinski definition) is 9. The predicted molar refractivity (Wildman–Crippen MR) is 170 cm³/mol. The van der Waals surface area contributed by atoms with Crippen molar-refractivity contribution in [3.05, 3.63) is 89.5 Å². The summed E-state index contributed by atoms with van der Waals surface area (Å²) in [4.78, 5) is 19.8. The average molecular weight is 670 g/mol. The summed E-state index contributed by atoms with van der Waals surface area (Å²) >= 11 is 1.07. The number of anilines is 4. The van der Waals surface area contributed by atoms with E-state index in [9.17, 15) is 17.4 Å². The summed E-state index contributed by atoms with van der Waals surface area (Å²) in [6.07, 6.45) is 3.21. The molecule has 6 rings (SSSR count). The fraction of sp³-hybridized carbons (Fsp3) is 0.226. The maximum atomic E-state index is 15.2. The fourth-order valence-electron chi connectivity index (χ4n) is 4.62. The monoisotopic (exact) mass is 669 g/mol. The Morgan fingerprint density at radius 2 is 1.72 bits per heavy atom. The van der Waals surface area contributed by atoms with Crippen LogP contribution in [0.25, 0.3) is 21.8 Å². The lowest BCUT2D eigenvalue weighted by Crippen LogP contribution is -2.36. The summed E-state index contributed by atoms with van der Waals surface area (Å²) in [5, 5.41) is 3.27. The van der Waals surface area contributed by atoms with Crippen LogP contribution >= 0.6 is 11.3 Å². The molecule has 0 bridgehead atoms. The van der Waals surface area contributed by atoms with Crippen molar-refractivity contribution in [1.82, 2.24) is 19.9 Å². The number of halogens is 4. The third kappa shape index (κ3) is 6.85. The zero-order valence-electron chi connectivity index (χ0n) is 24.6. The molecule has 1 aliphatic rings. The maximum Gasteiger partial charge on any atom is 0.227 e. The zero-order chi connectivity index (χ0) is 32.4. The van der Waals surface area contributed by atoms with E-state index in [1.807, 2.05) is 12.1 Å². The number of nitrogens with one attached hydrogen (secondary N) is 2. The summed E-state index contributed by atoms with van der Waals surface area (Å²) < 4.78 is 79.1. The maximum absolute atomic E-state index is 15.2. The normalized spacial score (nSPS) is 14.3. The first kappa shape index (κ1) is 31.5. The highest BCUT2D eigenvalue weighted by molar-refractivity contribution is 7.86. The molecule has 9 nitrogen and oxygen atoms in total. The van der Waals surface area contributed by atoms with Gasteiger partial charge in [0.1, 0.15) is 33.2 Å². The van der Waals surface area contributed by atoms with E-state index in [4.69, 9.17) is 4.74 Å². The van der Waals surface area contributed by atoms with Gasteiger partial charge in [-0.1, -0.05) is 6.07 Å². The van der Waals surface area contributed by atoms with Crippen LogP contribution in [0.3, 0.4) is 0 Å². The lowest BCUT2D eigenvalue weighted by molar-refractivity contribution is 0.122. The number of ether oxygens (including phenoxy) is 1. The van der Waals surface area contributed by atoms with Gasteiger partial charge in [0.15, 0.2) is 16.7 Å². The van der Waals surface area contributed by atoms with Gasteiger partial charge < -0.3 is 15.0 Å². The van der Waals surface area contributed by atoms with Gasteiger partial charge in [-0.15, -0.1) is 11.3 Å². The smallest absolute Gasteiger partial charge is 0.227 e. The highest BCUT2D eigenvalue weighted by Gasteiger charge is 2.28. The van der Waals surface area contributed by atoms with Crippen molar-refractivity contribution >= 4 is 45.5 Å². The molecule has 1 unspecified atom stereocenters. The molecule has 1 atom stereocenters. The van der Waals surface area contributed by atoms with Gasteiger partial charge in [0.25, 0.3) is 0 Å². The van der Waals surface area contributed by atoms with Crippen molar-refractivity contribution < 1.29 is 26.5 Å². The Labute approximate surface area is 268 Å². The van der Waals surface area contributed by atoms with E-state index >= 15 is 4.39 Å². The SMILES string of the molecule is CC(C)(F)c1nc(-c2ccc(F)c(NS(=O)c3c(F)cccc3F)c2)c(-c2ccnc(Nc3ccc(N4CCOCC4)nc3)n2)s1. The molecule has 0 spiro atoms. The van der Waals surface area contributed by atoms with Crippen LogP contribution in [0.15, 0.2) is 71.9 Å². The third-order valence-electron chi connectivity index (χ3n) is 6.91. The molecule has 3 aromatic heterocycles. The number of morpholine rings is 1. The largest absolute Gasteiger partial charge is 0.378 e. The quantitative estimate of drug-likeness (QED) is 0.162. The van der Waals surface area contributed by atoms with E-state index in [-0.39, 0.29) is 22.3 Å². The first-order valence-corrected chi connectivity index (χ1v) is 16.1. The second-order valence-corrected chi connectivity index (χ2v) is 12.8. The van der Waals surface area contributed by atoms with Crippen molar-refractivity contribution in [2.24, 2.45) is 0 Å². The Morgan fingerprint density at radius 3 is 2.41 bits per heavy atom. The number of benzene rings is 2. The van der Waals surface area contributed by atoms with Crippen molar-refractivity contribution in [1.29, 1.82) is 0 Å². The lowest BCUT2D eigenvalue weighted by atomic mass is 10.1. The topological polar surface area (TPSA) is 105 Å². The minimum absolute atomic E-state index is 0.143. The van der Waals surface area contributed by atoms with E-state index in [1.165, 1.54) is 32.2 Å². The minimum atomic E-state index is -2.47. The highest BCUT2D eigenvalue weighted by atomic mass is 32.2. The molecular weight excluding hydrogens is 643 g/mol. The van der Waals surface area contributed by atoms with Crippen molar-refractivity contribution in [2.45, 2.75) is 24.4 Å². The molecule has 238 valence electrons. The van der Waals surface area contributed by atoms with Crippen molar-refractivity contribution in [3.63, 3.8) is 0 Å². The van der Waals surface area contributed by atoms with Gasteiger partial charge in [-0.05, 0) is 62.4 Å². The Morgan fingerprint density at radius 1 is 0.957 bits per heavy atom. The standard InChI is InChI=1S/C31H27F4N7O2S2/c1-31(2,35)29-40-26(18-6-8-20(32)24(16-18)41-46(43)28-21(33)4-3-5-22(28)34)27(45-29)23-10-11-36-30(39-23)38-19-7-9-25(37-17-19)42-12-14-44-15-13-42/h3-11,16-17,41H,12-15H2,1-2H3,(H,36,38,39). The minimum Gasteiger partial charge on any atom is -0.378 e. The highest BCUT2D eigenvalue weighted by Crippen LogP contribution is 2.41. The molecule has 0 amide bonds. The second kappa shape index (κ2) is 13.1. The van der Waals surface area contributed by atoms with Crippen LogP contribution in [0.4, 0.5) is 40.7 Å². The summed E-state index contributed by atoms with van der Waals surface area (Å²) in [7, 11) is -2.47. The zero-order valence-corrected chi connectivity index (χ0v) is 26.2. The van der Waals surface area contributed by atoms with Crippen LogP contribution in [-0.4, -0.2) is 50.4 Å². The Kier molecular flexibility index (Phi) is 8.97. The molecule has 1 fully saturated rings.